The van der Waals surface area contributed by atoms with E-state index in [9.17, 15) is 5.26 Å². The maximum absolute atomic E-state index is 9.50. The number of aliphatic hydroxyl groups is 1. The van der Waals surface area contributed by atoms with E-state index in [-0.39, 0.29) is 12.1 Å². The Hall–Kier alpha value is -0.240. The lowest BCUT2D eigenvalue weighted by molar-refractivity contribution is 0.250. The molecule has 3 atom stereocenters. The molecule has 2 aliphatic rings. The minimum atomic E-state index is -0.264. The lowest BCUT2D eigenvalue weighted by Crippen LogP contribution is -2.49. The molecule has 2 N–H and O–H groups in total. The zero-order valence-corrected chi connectivity index (χ0v) is 12.0. The van der Waals surface area contributed by atoms with Crippen LogP contribution in [0.3, 0.4) is 0 Å². The molecule has 0 aliphatic heterocycles. The summed E-state index contributed by atoms with van der Waals surface area (Å²) < 4.78 is 0. The molecule has 2 fully saturated rings. The predicted octanol–water partition coefficient (Wildman–Crippen LogP) is 2.30. The minimum absolute atomic E-state index is 0.264. The maximum atomic E-state index is 9.50. The standard InChI is InChI=1S/C14H24N2OS/c1-11(8-17)9-18-13-3-2-6-14(7-13,10-15)16-12-4-5-12/h11-13,16-17H,2-9H2,1H3. The zero-order chi connectivity index (χ0) is 13.0. The first kappa shape index (κ1) is 14.2. The second-order valence-corrected chi connectivity index (χ2v) is 7.29. The van der Waals surface area contributed by atoms with Gasteiger partial charge in [0.05, 0.1) is 6.07 Å². The van der Waals surface area contributed by atoms with Crippen LogP contribution in [0, 0.1) is 17.2 Å². The molecule has 0 amide bonds. The second-order valence-electron chi connectivity index (χ2n) is 5.95. The van der Waals surface area contributed by atoms with Crippen LogP contribution in [0.4, 0.5) is 0 Å². The third-order valence-corrected chi connectivity index (χ3v) is 5.54. The first-order chi connectivity index (χ1) is 8.67. The number of thioether (sulfide) groups is 1. The number of nitrogens with one attached hydrogen (secondary N) is 1. The highest BCUT2D eigenvalue weighted by Gasteiger charge is 2.40. The summed E-state index contributed by atoms with van der Waals surface area (Å²) in [7, 11) is 0. The Kier molecular flexibility index (Phi) is 4.94. The number of hydrogen-bond acceptors (Lipinski definition) is 4. The van der Waals surface area contributed by atoms with E-state index in [2.05, 4.69) is 18.3 Å². The molecule has 2 aliphatic carbocycles. The molecule has 102 valence electrons. The Labute approximate surface area is 114 Å². The van der Waals surface area contributed by atoms with Crippen molar-refractivity contribution in [1.82, 2.24) is 5.32 Å². The molecule has 2 rings (SSSR count). The van der Waals surface area contributed by atoms with E-state index in [1.54, 1.807) is 0 Å². The van der Waals surface area contributed by atoms with Crippen molar-refractivity contribution in [3.8, 4) is 6.07 Å². The summed E-state index contributed by atoms with van der Waals surface area (Å²) in [6, 6.07) is 3.15. The van der Waals surface area contributed by atoms with E-state index >= 15 is 0 Å². The van der Waals surface area contributed by atoms with Crippen molar-refractivity contribution in [2.24, 2.45) is 5.92 Å². The summed E-state index contributed by atoms with van der Waals surface area (Å²) >= 11 is 1.94. The number of nitriles is 1. The monoisotopic (exact) mass is 268 g/mol. The van der Waals surface area contributed by atoms with Gasteiger partial charge in [0.2, 0.25) is 0 Å². The number of rotatable bonds is 6. The molecular formula is C14H24N2OS. The third kappa shape index (κ3) is 3.88. The Morgan fingerprint density at radius 1 is 1.50 bits per heavy atom. The molecule has 0 bridgehead atoms. The van der Waals surface area contributed by atoms with Crippen LogP contribution in [-0.2, 0) is 0 Å². The van der Waals surface area contributed by atoms with E-state index in [4.69, 9.17) is 5.11 Å². The second kappa shape index (κ2) is 6.27. The molecule has 0 saturated heterocycles. The van der Waals surface area contributed by atoms with Crippen molar-refractivity contribution < 1.29 is 5.11 Å². The van der Waals surface area contributed by atoms with E-state index in [0.717, 1.165) is 25.0 Å². The molecule has 0 heterocycles. The summed E-state index contributed by atoms with van der Waals surface area (Å²) in [6.07, 6.45) is 6.83. The van der Waals surface area contributed by atoms with Gasteiger partial charge in [0.15, 0.2) is 0 Å². The van der Waals surface area contributed by atoms with E-state index in [1.807, 2.05) is 11.8 Å². The van der Waals surface area contributed by atoms with Crippen LogP contribution in [0.5, 0.6) is 0 Å². The van der Waals surface area contributed by atoms with Gasteiger partial charge in [-0.3, -0.25) is 5.32 Å². The summed E-state index contributed by atoms with van der Waals surface area (Å²) in [5.41, 5.74) is -0.264. The van der Waals surface area contributed by atoms with Gasteiger partial charge in [-0.05, 0) is 50.2 Å². The molecular weight excluding hydrogens is 244 g/mol. The molecule has 4 heteroatoms. The maximum Gasteiger partial charge on any atom is 0.108 e. The Morgan fingerprint density at radius 2 is 2.28 bits per heavy atom. The van der Waals surface area contributed by atoms with Crippen LogP contribution < -0.4 is 5.32 Å². The van der Waals surface area contributed by atoms with Gasteiger partial charge < -0.3 is 5.11 Å². The average molecular weight is 268 g/mol. The Morgan fingerprint density at radius 3 is 2.89 bits per heavy atom. The van der Waals surface area contributed by atoms with Crippen LogP contribution >= 0.6 is 11.8 Å². The van der Waals surface area contributed by atoms with E-state index in [1.165, 1.54) is 19.3 Å². The van der Waals surface area contributed by atoms with Crippen molar-refractivity contribution >= 4 is 11.8 Å². The van der Waals surface area contributed by atoms with Gasteiger partial charge >= 0.3 is 0 Å². The molecule has 3 unspecified atom stereocenters. The van der Waals surface area contributed by atoms with Crippen molar-refractivity contribution in [1.29, 1.82) is 5.26 Å². The highest BCUT2D eigenvalue weighted by molar-refractivity contribution is 7.99. The van der Waals surface area contributed by atoms with Crippen LogP contribution in [0.1, 0.15) is 45.4 Å². The zero-order valence-electron chi connectivity index (χ0n) is 11.2. The summed E-state index contributed by atoms with van der Waals surface area (Å²) in [5, 5.41) is 22.7. The predicted molar refractivity (Wildman–Crippen MR) is 75.5 cm³/mol. The summed E-state index contributed by atoms with van der Waals surface area (Å²) in [4.78, 5) is 0. The molecule has 0 aromatic heterocycles. The number of aliphatic hydroxyl groups excluding tert-OH is 1. The average Bonchev–Trinajstić information content (AvgIpc) is 3.20. The van der Waals surface area contributed by atoms with Gasteiger partial charge in [-0.15, -0.1) is 0 Å². The smallest absolute Gasteiger partial charge is 0.108 e. The fourth-order valence-corrected chi connectivity index (χ4v) is 4.04. The topological polar surface area (TPSA) is 56.0 Å². The summed E-state index contributed by atoms with van der Waals surface area (Å²) in [6.45, 7) is 2.35. The van der Waals surface area contributed by atoms with E-state index in [0.29, 0.717) is 17.2 Å². The van der Waals surface area contributed by atoms with Gasteiger partial charge in [-0.1, -0.05) is 6.92 Å². The largest absolute Gasteiger partial charge is 0.396 e. The lowest BCUT2D eigenvalue weighted by Gasteiger charge is -2.36. The molecule has 0 aromatic rings. The molecule has 0 aromatic carbocycles. The van der Waals surface area contributed by atoms with Crippen molar-refractivity contribution in [2.75, 3.05) is 12.4 Å². The van der Waals surface area contributed by atoms with Gasteiger partial charge in [0.1, 0.15) is 5.54 Å². The first-order valence-corrected chi connectivity index (χ1v) is 8.14. The van der Waals surface area contributed by atoms with Crippen LogP contribution in [0.15, 0.2) is 0 Å². The van der Waals surface area contributed by atoms with Crippen LogP contribution in [0.25, 0.3) is 0 Å². The SMILES string of the molecule is CC(CO)CSC1CCCC(C#N)(NC2CC2)C1. The summed E-state index contributed by atoms with van der Waals surface area (Å²) in [5.74, 6) is 1.37. The first-order valence-electron chi connectivity index (χ1n) is 7.09. The number of nitrogens with zero attached hydrogens (tertiary/aromatic N) is 1. The highest BCUT2D eigenvalue weighted by atomic mass is 32.2. The molecule has 0 radical (unpaired) electrons. The van der Waals surface area contributed by atoms with E-state index < -0.39 is 0 Å². The van der Waals surface area contributed by atoms with Crippen LogP contribution in [-0.4, -0.2) is 34.3 Å². The van der Waals surface area contributed by atoms with Crippen LogP contribution in [0.2, 0.25) is 0 Å². The minimum Gasteiger partial charge on any atom is -0.396 e. The molecule has 18 heavy (non-hydrogen) atoms. The molecule has 0 spiro atoms. The normalized spacial score (nSPS) is 33.9. The van der Waals surface area contributed by atoms with Gasteiger partial charge in [0.25, 0.3) is 0 Å². The van der Waals surface area contributed by atoms with Gasteiger partial charge in [0, 0.05) is 17.9 Å². The third-order valence-electron chi connectivity index (χ3n) is 3.91. The lowest BCUT2D eigenvalue weighted by atomic mass is 9.82. The van der Waals surface area contributed by atoms with Crippen molar-refractivity contribution in [2.45, 2.75) is 62.3 Å². The van der Waals surface area contributed by atoms with Crippen molar-refractivity contribution in [3.63, 3.8) is 0 Å². The van der Waals surface area contributed by atoms with Gasteiger partial charge in [-0.25, -0.2) is 0 Å². The Bertz CT molecular complexity index is 313. The quantitative estimate of drug-likeness (QED) is 0.776. The highest BCUT2D eigenvalue weighted by Crippen LogP contribution is 2.37. The molecule has 2 saturated carbocycles. The number of hydrogen-bond donors (Lipinski definition) is 2. The fourth-order valence-electron chi connectivity index (χ4n) is 2.60. The van der Waals surface area contributed by atoms with Gasteiger partial charge in [-0.2, -0.15) is 17.0 Å². The molecule has 3 nitrogen and oxygen atoms in total. The van der Waals surface area contributed by atoms with Crippen molar-refractivity contribution in [3.05, 3.63) is 0 Å². The fraction of sp³-hybridized carbons (Fsp3) is 0.929. The Balaban J connectivity index is 1.84.